The fraction of sp³-hybridized carbons (Fsp3) is 0.235. The molecule has 4 nitrogen and oxygen atoms in total. The minimum Gasteiger partial charge on any atom is -0.492 e. The summed E-state index contributed by atoms with van der Waals surface area (Å²) in [4.78, 5) is 11.7. The second-order valence-corrected chi connectivity index (χ2v) is 5.34. The van der Waals surface area contributed by atoms with E-state index in [4.69, 9.17) is 16.3 Å². The average Bonchev–Trinajstić information content (AvgIpc) is 2.50. The first-order valence-electron chi connectivity index (χ1n) is 7.09. The van der Waals surface area contributed by atoms with E-state index in [0.717, 1.165) is 16.9 Å². The van der Waals surface area contributed by atoms with Crippen LogP contribution in [0.1, 0.15) is 11.1 Å². The Morgan fingerprint density at radius 1 is 1.14 bits per heavy atom. The average molecular weight is 319 g/mol. The highest BCUT2D eigenvalue weighted by Gasteiger charge is 2.01. The number of aryl methyl sites for hydroxylation is 1. The first kappa shape index (κ1) is 16.2. The topological polar surface area (TPSA) is 50.4 Å². The number of carbonyl (C=O) groups excluding carboxylic acids is 1. The second kappa shape index (κ2) is 8.29. The summed E-state index contributed by atoms with van der Waals surface area (Å²) in [5, 5.41) is 6.17. The molecule has 0 fully saturated rings. The highest BCUT2D eigenvalue weighted by Crippen LogP contribution is 2.12. The molecular weight excluding hydrogens is 300 g/mol. The molecule has 0 aliphatic rings. The summed E-state index contributed by atoms with van der Waals surface area (Å²) in [6.45, 7) is 3.31. The van der Waals surface area contributed by atoms with Gasteiger partial charge in [-0.25, -0.2) is 4.79 Å². The monoisotopic (exact) mass is 318 g/mol. The zero-order valence-corrected chi connectivity index (χ0v) is 13.2. The lowest BCUT2D eigenvalue weighted by molar-refractivity contribution is 0.236. The Bertz CT molecular complexity index is 632. The number of carbonyl (C=O) groups is 1. The third kappa shape index (κ3) is 5.66. The SMILES string of the molecule is Cc1cccc(OCCNC(=O)NCc2cccc(Cl)c2)c1. The predicted octanol–water partition coefficient (Wildman–Crippen LogP) is 3.53. The molecule has 2 aromatic rings. The van der Waals surface area contributed by atoms with Gasteiger partial charge in [0.15, 0.2) is 0 Å². The van der Waals surface area contributed by atoms with Crippen LogP contribution in [0.25, 0.3) is 0 Å². The maximum absolute atomic E-state index is 11.7. The van der Waals surface area contributed by atoms with Crippen molar-refractivity contribution >= 4 is 17.6 Å². The van der Waals surface area contributed by atoms with Gasteiger partial charge in [-0.2, -0.15) is 0 Å². The summed E-state index contributed by atoms with van der Waals surface area (Å²) in [5.74, 6) is 0.807. The van der Waals surface area contributed by atoms with Crippen molar-refractivity contribution in [2.75, 3.05) is 13.2 Å². The summed E-state index contributed by atoms with van der Waals surface area (Å²) in [5.41, 5.74) is 2.10. The van der Waals surface area contributed by atoms with Gasteiger partial charge in [-0.15, -0.1) is 0 Å². The fourth-order valence-corrected chi connectivity index (χ4v) is 2.14. The molecule has 22 heavy (non-hydrogen) atoms. The summed E-state index contributed by atoms with van der Waals surface area (Å²) in [6.07, 6.45) is 0. The van der Waals surface area contributed by atoms with Crippen molar-refractivity contribution in [2.45, 2.75) is 13.5 Å². The number of rotatable bonds is 6. The molecule has 0 aliphatic carbocycles. The van der Waals surface area contributed by atoms with Crippen LogP contribution in [0.4, 0.5) is 4.79 Å². The van der Waals surface area contributed by atoms with Crippen molar-refractivity contribution in [3.63, 3.8) is 0 Å². The summed E-state index contributed by atoms with van der Waals surface area (Å²) >= 11 is 5.89. The Hall–Kier alpha value is -2.20. The Labute approximate surface area is 135 Å². The summed E-state index contributed by atoms with van der Waals surface area (Å²) in [6, 6.07) is 15.0. The molecule has 0 radical (unpaired) electrons. The van der Waals surface area contributed by atoms with Crippen LogP contribution in [0, 0.1) is 6.92 Å². The van der Waals surface area contributed by atoms with Gasteiger partial charge in [-0.3, -0.25) is 0 Å². The molecule has 0 saturated heterocycles. The molecule has 2 amide bonds. The maximum Gasteiger partial charge on any atom is 0.315 e. The standard InChI is InChI=1S/C17H19ClN2O2/c1-13-4-2-7-16(10-13)22-9-8-19-17(21)20-12-14-5-3-6-15(18)11-14/h2-7,10-11H,8-9,12H2,1H3,(H2,19,20,21). The molecule has 2 N–H and O–H groups in total. The zero-order valence-electron chi connectivity index (χ0n) is 12.4. The van der Waals surface area contributed by atoms with Gasteiger partial charge in [-0.05, 0) is 42.3 Å². The molecule has 0 heterocycles. The van der Waals surface area contributed by atoms with Crippen LogP contribution >= 0.6 is 11.6 Å². The molecular formula is C17H19ClN2O2. The van der Waals surface area contributed by atoms with Gasteiger partial charge in [-0.1, -0.05) is 35.9 Å². The van der Waals surface area contributed by atoms with Crippen molar-refractivity contribution in [3.8, 4) is 5.75 Å². The Balaban J connectivity index is 1.63. The van der Waals surface area contributed by atoms with Crippen molar-refractivity contribution in [1.82, 2.24) is 10.6 Å². The lowest BCUT2D eigenvalue weighted by Crippen LogP contribution is -2.37. The lowest BCUT2D eigenvalue weighted by atomic mass is 10.2. The first-order chi connectivity index (χ1) is 10.6. The van der Waals surface area contributed by atoms with E-state index in [2.05, 4.69) is 10.6 Å². The van der Waals surface area contributed by atoms with E-state index >= 15 is 0 Å². The van der Waals surface area contributed by atoms with E-state index in [1.54, 1.807) is 6.07 Å². The Morgan fingerprint density at radius 3 is 2.73 bits per heavy atom. The van der Waals surface area contributed by atoms with Crippen molar-refractivity contribution in [2.24, 2.45) is 0 Å². The molecule has 0 unspecified atom stereocenters. The predicted molar refractivity (Wildman–Crippen MR) is 88.4 cm³/mol. The van der Waals surface area contributed by atoms with E-state index in [9.17, 15) is 4.79 Å². The highest BCUT2D eigenvalue weighted by atomic mass is 35.5. The van der Waals surface area contributed by atoms with E-state index < -0.39 is 0 Å². The van der Waals surface area contributed by atoms with Crippen molar-refractivity contribution in [1.29, 1.82) is 0 Å². The minimum absolute atomic E-state index is 0.229. The van der Waals surface area contributed by atoms with Gasteiger partial charge in [0.2, 0.25) is 0 Å². The number of halogens is 1. The van der Waals surface area contributed by atoms with Crippen LogP contribution < -0.4 is 15.4 Å². The zero-order chi connectivity index (χ0) is 15.8. The Kier molecular flexibility index (Phi) is 6.10. The van der Waals surface area contributed by atoms with E-state index in [1.807, 2.05) is 49.4 Å². The minimum atomic E-state index is -0.229. The lowest BCUT2D eigenvalue weighted by Gasteiger charge is -2.09. The highest BCUT2D eigenvalue weighted by molar-refractivity contribution is 6.30. The number of hydrogen-bond acceptors (Lipinski definition) is 2. The van der Waals surface area contributed by atoms with Gasteiger partial charge in [0, 0.05) is 11.6 Å². The molecule has 2 rings (SSSR count). The van der Waals surface area contributed by atoms with Gasteiger partial charge < -0.3 is 15.4 Å². The number of benzene rings is 2. The fourth-order valence-electron chi connectivity index (χ4n) is 1.93. The molecule has 0 bridgehead atoms. The first-order valence-corrected chi connectivity index (χ1v) is 7.47. The van der Waals surface area contributed by atoms with Crippen molar-refractivity contribution in [3.05, 3.63) is 64.7 Å². The van der Waals surface area contributed by atoms with Crippen molar-refractivity contribution < 1.29 is 9.53 Å². The number of ether oxygens (including phenoxy) is 1. The maximum atomic E-state index is 11.7. The van der Waals surface area contributed by atoms with Gasteiger partial charge >= 0.3 is 6.03 Å². The van der Waals surface area contributed by atoms with E-state index in [1.165, 1.54) is 0 Å². The van der Waals surface area contributed by atoms with Crippen LogP contribution in [0.15, 0.2) is 48.5 Å². The van der Waals surface area contributed by atoms with Gasteiger partial charge in [0.05, 0.1) is 6.54 Å². The molecule has 0 saturated carbocycles. The molecule has 0 aliphatic heterocycles. The van der Waals surface area contributed by atoms with Crippen LogP contribution in [0.3, 0.4) is 0 Å². The molecule has 0 atom stereocenters. The molecule has 2 aromatic carbocycles. The molecule has 0 aromatic heterocycles. The summed E-state index contributed by atoms with van der Waals surface area (Å²) in [7, 11) is 0. The second-order valence-electron chi connectivity index (χ2n) is 4.90. The summed E-state index contributed by atoms with van der Waals surface area (Å²) < 4.78 is 5.56. The third-order valence-electron chi connectivity index (χ3n) is 2.99. The largest absolute Gasteiger partial charge is 0.492 e. The van der Waals surface area contributed by atoms with E-state index in [0.29, 0.717) is 24.7 Å². The quantitative estimate of drug-likeness (QED) is 0.801. The number of urea groups is 1. The molecule has 0 spiro atoms. The Morgan fingerprint density at radius 2 is 1.95 bits per heavy atom. The molecule has 116 valence electrons. The van der Waals surface area contributed by atoms with Crippen LogP contribution in [-0.4, -0.2) is 19.2 Å². The third-order valence-corrected chi connectivity index (χ3v) is 3.22. The van der Waals surface area contributed by atoms with Crippen LogP contribution in [-0.2, 0) is 6.54 Å². The van der Waals surface area contributed by atoms with Crippen LogP contribution in [0.2, 0.25) is 5.02 Å². The molecule has 5 heteroatoms. The van der Waals surface area contributed by atoms with Gasteiger partial charge in [0.1, 0.15) is 12.4 Å². The van der Waals surface area contributed by atoms with Gasteiger partial charge in [0.25, 0.3) is 0 Å². The number of amides is 2. The van der Waals surface area contributed by atoms with E-state index in [-0.39, 0.29) is 6.03 Å². The number of hydrogen-bond donors (Lipinski definition) is 2. The smallest absolute Gasteiger partial charge is 0.315 e. The van der Waals surface area contributed by atoms with Crippen LogP contribution in [0.5, 0.6) is 5.75 Å². The normalized spacial score (nSPS) is 10.1. The number of nitrogens with one attached hydrogen (secondary N) is 2.